The number of hydrogen-bond donors (Lipinski definition) is 1. The van der Waals surface area contributed by atoms with Gasteiger partial charge in [-0.15, -0.1) is 0 Å². The van der Waals surface area contributed by atoms with E-state index in [0.29, 0.717) is 16.6 Å². The summed E-state index contributed by atoms with van der Waals surface area (Å²) in [6.07, 6.45) is 5.11. The van der Waals surface area contributed by atoms with Crippen LogP contribution < -0.4 is 5.32 Å². The molecule has 7 heteroatoms. The van der Waals surface area contributed by atoms with Gasteiger partial charge in [0.2, 0.25) is 0 Å². The highest BCUT2D eigenvalue weighted by molar-refractivity contribution is 5.88. The Kier molecular flexibility index (Phi) is 4.50. The smallest absolute Gasteiger partial charge is 0.169 e. The van der Waals surface area contributed by atoms with Crippen LogP contribution in [0.4, 0.5) is 14.5 Å². The Morgan fingerprint density at radius 3 is 2.68 bits per heavy atom. The van der Waals surface area contributed by atoms with E-state index in [1.165, 1.54) is 6.07 Å². The first-order valence-electron chi connectivity index (χ1n) is 8.92. The highest BCUT2D eigenvalue weighted by Gasteiger charge is 2.18. The molecule has 5 nitrogen and oxygen atoms in total. The zero-order valence-corrected chi connectivity index (χ0v) is 15.7. The lowest BCUT2D eigenvalue weighted by Gasteiger charge is -2.19. The third-order valence-electron chi connectivity index (χ3n) is 4.67. The third-order valence-corrected chi connectivity index (χ3v) is 4.67. The summed E-state index contributed by atoms with van der Waals surface area (Å²) >= 11 is 0. The highest BCUT2D eigenvalue weighted by Crippen LogP contribution is 2.30. The van der Waals surface area contributed by atoms with Crippen molar-refractivity contribution in [1.82, 2.24) is 19.5 Å². The number of pyridine rings is 2. The maximum Gasteiger partial charge on any atom is 0.169 e. The second-order valence-electron chi connectivity index (χ2n) is 6.75. The van der Waals surface area contributed by atoms with Crippen molar-refractivity contribution in [3.05, 3.63) is 77.6 Å². The second kappa shape index (κ2) is 6.99. The molecule has 4 aromatic rings. The number of benzene rings is 1. The van der Waals surface area contributed by atoms with E-state index in [2.05, 4.69) is 20.3 Å². The Morgan fingerprint density at radius 1 is 1.11 bits per heavy atom. The molecule has 0 aliphatic heterocycles. The lowest BCUT2D eigenvalue weighted by molar-refractivity contribution is 0.593. The zero-order chi connectivity index (χ0) is 19.8. The number of anilines is 1. The monoisotopic (exact) mass is 379 g/mol. The Bertz CT molecular complexity index is 1170. The van der Waals surface area contributed by atoms with Crippen LogP contribution in [0.2, 0.25) is 0 Å². The Morgan fingerprint density at radius 2 is 1.93 bits per heavy atom. The molecule has 0 amide bonds. The van der Waals surface area contributed by atoms with Gasteiger partial charge in [-0.05, 0) is 51.1 Å². The largest absolute Gasteiger partial charge is 0.374 e. The van der Waals surface area contributed by atoms with Crippen LogP contribution in [0.3, 0.4) is 0 Å². The Labute approximate surface area is 161 Å². The molecule has 1 aromatic carbocycles. The van der Waals surface area contributed by atoms with Crippen molar-refractivity contribution in [3.63, 3.8) is 0 Å². The van der Waals surface area contributed by atoms with Gasteiger partial charge in [0.1, 0.15) is 17.0 Å². The number of rotatable bonds is 4. The molecule has 0 fully saturated rings. The average Bonchev–Trinajstić information content (AvgIpc) is 3.12. The van der Waals surface area contributed by atoms with Crippen LogP contribution >= 0.6 is 0 Å². The highest BCUT2D eigenvalue weighted by atomic mass is 19.1. The quantitative estimate of drug-likeness (QED) is 0.549. The number of nitrogens with zero attached hydrogens (tertiary/aromatic N) is 4. The van der Waals surface area contributed by atoms with Crippen LogP contribution in [-0.2, 0) is 0 Å². The van der Waals surface area contributed by atoms with Crippen LogP contribution in [0, 0.1) is 25.5 Å². The molecule has 1 N–H and O–H groups in total. The minimum atomic E-state index is -0.494. The van der Waals surface area contributed by atoms with Crippen LogP contribution in [0.1, 0.15) is 29.9 Å². The molecule has 1 atom stereocenters. The van der Waals surface area contributed by atoms with Gasteiger partial charge in [0.05, 0.1) is 29.3 Å². The molecule has 4 rings (SSSR count). The predicted octanol–water partition coefficient (Wildman–Crippen LogP) is 4.88. The van der Waals surface area contributed by atoms with Gasteiger partial charge in [-0.1, -0.05) is 0 Å². The van der Waals surface area contributed by atoms with Crippen LogP contribution in [0.5, 0.6) is 0 Å². The SMILES string of the molecule is Cc1cn(-c2ccc(F)c([C@@H](C)Nc3c(F)c(C)nc4cccnc34)c2)cn1. The molecule has 0 aliphatic rings. The van der Waals surface area contributed by atoms with E-state index in [-0.39, 0.29) is 17.2 Å². The van der Waals surface area contributed by atoms with Gasteiger partial charge in [-0.3, -0.25) is 4.98 Å². The van der Waals surface area contributed by atoms with E-state index < -0.39 is 11.9 Å². The van der Waals surface area contributed by atoms with Crippen LogP contribution in [0.15, 0.2) is 49.1 Å². The molecule has 3 aromatic heterocycles. The normalized spacial score (nSPS) is 12.3. The molecule has 0 aliphatic carbocycles. The van der Waals surface area contributed by atoms with Crippen LogP contribution in [0.25, 0.3) is 16.7 Å². The first-order chi connectivity index (χ1) is 13.4. The first-order valence-corrected chi connectivity index (χ1v) is 8.92. The summed E-state index contributed by atoms with van der Waals surface area (Å²) in [5, 5.41) is 3.09. The number of fused-ring (bicyclic) bond motifs is 1. The molecular formula is C21H19F2N5. The molecule has 0 bridgehead atoms. The maximum absolute atomic E-state index is 14.8. The van der Waals surface area contributed by atoms with E-state index in [1.807, 2.05) is 17.7 Å². The van der Waals surface area contributed by atoms with Crippen molar-refractivity contribution in [1.29, 1.82) is 0 Å². The summed E-state index contributed by atoms with van der Waals surface area (Å²) in [6, 6.07) is 7.84. The molecule has 0 radical (unpaired) electrons. The fourth-order valence-electron chi connectivity index (χ4n) is 3.21. The standard InChI is InChI=1S/C21H19F2N5/c1-12-10-28(11-25-12)15-6-7-17(22)16(9-15)13(2)27-21-19(23)14(3)26-18-5-4-8-24-20(18)21/h4-11,13H,1-3H3,(H,26,27)/t13-/m1/s1. The van der Waals surface area contributed by atoms with E-state index in [0.717, 1.165) is 11.4 Å². The summed E-state index contributed by atoms with van der Waals surface area (Å²) < 4.78 is 31.2. The van der Waals surface area contributed by atoms with Crippen molar-refractivity contribution in [3.8, 4) is 5.69 Å². The van der Waals surface area contributed by atoms with Gasteiger partial charge in [0.15, 0.2) is 5.82 Å². The molecule has 28 heavy (non-hydrogen) atoms. The van der Waals surface area contributed by atoms with E-state index in [1.54, 1.807) is 50.6 Å². The number of aromatic nitrogens is 4. The number of halogens is 2. The Hall–Kier alpha value is -3.35. The lowest BCUT2D eigenvalue weighted by atomic mass is 10.1. The van der Waals surface area contributed by atoms with E-state index >= 15 is 0 Å². The van der Waals surface area contributed by atoms with Crippen molar-refractivity contribution in [2.24, 2.45) is 0 Å². The molecule has 3 heterocycles. The summed E-state index contributed by atoms with van der Waals surface area (Å²) in [4.78, 5) is 12.7. The van der Waals surface area contributed by atoms with Gasteiger partial charge in [0, 0.05) is 23.6 Å². The maximum atomic E-state index is 14.8. The first kappa shape index (κ1) is 18.0. The minimum Gasteiger partial charge on any atom is -0.374 e. The topological polar surface area (TPSA) is 55.6 Å². The molecule has 0 saturated heterocycles. The predicted molar refractivity (Wildman–Crippen MR) is 105 cm³/mol. The van der Waals surface area contributed by atoms with Gasteiger partial charge < -0.3 is 9.88 Å². The average molecular weight is 379 g/mol. The van der Waals surface area contributed by atoms with Gasteiger partial charge in [0.25, 0.3) is 0 Å². The third kappa shape index (κ3) is 3.19. The van der Waals surface area contributed by atoms with Crippen molar-refractivity contribution >= 4 is 16.7 Å². The second-order valence-corrected chi connectivity index (χ2v) is 6.75. The molecular weight excluding hydrogens is 360 g/mol. The summed E-state index contributed by atoms with van der Waals surface area (Å²) in [5.41, 5.74) is 3.54. The summed E-state index contributed by atoms with van der Waals surface area (Å²) in [5.74, 6) is -0.858. The minimum absolute atomic E-state index is 0.221. The van der Waals surface area contributed by atoms with E-state index in [4.69, 9.17) is 0 Å². The van der Waals surface area contributed by atoms with Crippen molar-refractivity contribution < 1.29 is 8.78 Å². The summed E-state index contributed by atoms with van der Waals surface area (Å²) in [7, 11) is 0. The Balaban J connectivity index is 1.74. The van der Waals surface area contributed by atoms with E-state index in [9.17, 15) is 8.78 Å². The number of aryl methyl sites for hydroxylation is 2. The van der Waals surface area contributed by atoms with Crippen molar-refractivity contribution in [2.75, 3.05) is 5.32 Å². The number of nitrogens with one attached hydrogen (secondary N) is 1. The number of hydrogen-bond acceptors (Lipinski definition) is 4. The zero-order valence-electron chi connectivity index (χ0n) is 15.7. The van der Waals surface area contributed by atoms with Gasteiger partial charge >= 0.3 is 0 Å². The number of imidazole rings is 1. The summed E-state index contributed by atoms with van der Waals surface area (Å²) in [6.45, 7) is 5.27. The molecule has 0 spiro atoms. The molecule has 0 saturated carbocycles. The van der Waals surface area contributed by atoms with Crippen molar-refractivity contribution in [2.45, 2.75) is 26.8 Å². The molecule has 142 valence electrons. The van der Waals surface area contributed by atoms with Crippen LogP contribution in [-0.4, -0.2) is 19.5 Å². The molecule has 0 unspecified atom stereocenters. The lowest BCUT2D eigenvalue weighted by Crippen LogP contribution is -2.12. The fraction of sp³-hybridized carbons (Fsp3) is 0.190. The fourth-order valence-corrected chi connectivity index (χ4v) is 3.21. The van der Waals surface area contributed by atoms with Gasteiger partial charge in [-0.2, -0.15) is 0 Å². The van der Waals surface area contributed by atoms with Gasteiger partial charge in [-0.25, -0.2) is 18.7 Å².